The molecule has 0 bridgehead atoms. The average molecular weight is 489 g/mol. The zero-order valence-electron chi connectivity index (χ0n) is 20.8. The van der Waals surface area contributed by atoms with E-state index in [1.807, 2.05) is 37.3 Å². The summed E-state index contributed by atoms with van der Waals surface area (Å²) in [5.74, 6) is 0.959. The van der Waals surface area contributed by atoms with Crippen molar-refractivity contribution in [2.45, 2.75) is 57.7 Å². The number of amides is 2. The van der Waals surface area contributed by atoms with E-state index < -0.39 is 5.54 Å². The van der Waals surface area contributed by atoms with E-state index in [9.17, 15) is 9.59 Å². The lowest BCUT2D eigenvalue weighted by molar-refractivity contribution is -0.133. The number of hydrogen-bond donors (Lipinski definition) is 1. The van der Waals surface area contributed by atoms with Gasteiger partial charge in [-0.15, -0.1) is 0 Å². The smallest absolute Gasteiger partial charge is 0.273 e. The number of rotatable bonds is 8. The van der Waals surface area contributed by atoms with Gasteiger partial charge in [0.2, 0.25) is 5.91 Å². The van der Waals surface area contributed by atoms with Crippen LogP contribution in [0.15, 0.2) is 64.8 Å². The van der Waals surface area contributed by atoms with Crippen LogP contribution in [0.3, 0.4) is 0 Å². The molecule has 3 aromatic rings. The van der Waals surface area contributed by atoms with Crippen LogP contribution in [0, 0.1) is 0 Å². The SMILES string of the molecule is COc1ccc(CNC(=O)[C@@]2(C)Cn3nc(-c4ccco4)cc3C(=O)N2CCC2=CCCCC2)cc1. The molecular formula is C28H32N4O4. The minimum Gasteiger partial charge on any atom is -0.497 e. The first-order valence-corrected chi connectivity index (χ1v) is 12.5. The predicted molar refractivity (Wildman–Crippen MR) is 135 cm³/mol. The highest BCUT2D eigenvalue weighted by Gasteiger charge is 2.47. The molecule has 2 aliphatic rings. The first-order valence-electron chi connectivity index (χ1n) is 12.5. The molecule has 0 unspecified atom stereocenters. The van der Waals surface area contributed by atoms with E-state index in [0.29, 0.717) is 30.2 Å². The number of fused-ring (bicyclic) bond motifs is 1. The number of nitrogens with one attached hydrogen (secondary N) is 1. The van der Waals surface area contributed by atoms with Crippen LogP contribution in [0.2, 0.25) is 0 Å². The van der Waals surface area contributed by atoms with Gasteiger partial charge in [-0.05, 0) is 68.9 Å². The summed E-state index contributed by atoms with van der Waals surface area (Å²) in [6.07, 6.45) is 9.18. The van der Waals surface area contributed by atoms with Gasteiger partial charge in [-0.1, -0.05) is 23.8 Å². The van der Waals surface area contributed by atoms with Gasteiger partial charge in [0.05, 0.1) is 19.9 Å². The molecule has 0 saturated heterocycles. The van der Waals surface area contributed by atoms with Crippen LogP contribution in [0.25, 0.3) is 11.5 Å². The molecule has 36 heavy (non-hydrogen) atoms. The molecule has 2 aromatic heterocycles. The second-order valence-electron chi connectivity index (χ2n) is 9.67. The molecule has 0 spiro atoms. The number of ether oxygens (including phenoxy) is 1. The van der Waals surface area contributed by atoms with E-state index in [4.69, 9.17) is 9.15 Å². The van der Waals surface area contributed by atoms with Gasteiger partial charge in [0.25, 0.3) is 5.91 Å². The Morgan fingerprint density at radius 1 is 1.22 bits per heavy atom. The topological polar surface area (TPSA) is 89.6 Å². The number of methoxy groups -OCH3 is 1. The number of carbonyl (C=O) groups is 2. The van der Waals surface area contributed by atoms with Crippen LogP contribution in [0.4, 0.5) is 0 Å². The highest BCUT2D eigenvalue weighted by Crippen LogP contribution is 2.31. The molecule has 1 aromatic carbocycles. The molecule has 5 rings (SSSR count). The fourth-order valence-electron chi connectivity index (χ4n) is 5.04. The Morgan fingerprint density at radius 3 is 2.75 bits per heavy atom. The van der Waals surface area contributed by atoms with E-state index in [2.05, 4.69) is 16.5 Å². The van der Waals surface area contributed by atoms with E-state index >= 15 is 0 Å². The number of aromatic nitrogens is 2. The van der Waals surface area contributed by atoms with Gasteiger partial charge in [-0.3, -0.25) is 14.3 Å². The summed E-state index contributed by atoms with van der Waals surface area (Å²) in [6.45, 7) is 2.94. The molecule has 2 amide bonds. The lowest BCUT2D eigenvalue weighted by Crippen LogP contribution is -2.64. The highest BCUT2D eigenvalue weighted by molar-refractivity contribution is 6.00. The normalized spacial score (nSPS) is 19.6. The summed E-state index contributed by atoms with van der Waals surface area (Å²) >= 11 is 0. The van der Waals surface area contributed by atoms with Crippen molar-refractivity contribution in [1.82, 2.24) is 20.0 Å². The van der Waals surface area contributed by atoms with Crippen molar-refractivity contribution in [3.05, 3.63) is 71.6 Å². The summed E-state index contributed by atoms with van der Waals surface area (Å²) in [5.41, 5.74) is 2.29. The lowest BCUT2D eigenvalue weighted by Gasteiger charge is -2.43. The first kappa shape index (κ1) is 23.9. The quantitative estimate of drug-likeness (QED) is 0.469. The zero-order valence-corrected chi connectivity index (χ0v) is 20.8. The van der Waals surface area contributed by atoms with Gasteiger partial charge in [0.15, 0.2) is 5.76 Å². The number of allylic oxidation sites excluding steroid dienone is 1. The number of benzene rings is 1. The Balaban J connectivity index is 1.40. The minimum absolute atomic E-state index is 0.190. The highest BCUT2D eigenvalue weighted by atomic mass is 16.5. The van der Waals surface area contributed by atoms with E-state index in [1.165, 1.54) is 18.4 Å². The molecular weight excluding hydrogens is 456 g/mol. The Kier molecular flexibility index (Phi) is 6.67. The van der Waals surface area contributed by atoms with Crippen molar-refractivity contribution < 1.29 is 18.7 Å². The summed E-state index contributed by atoms with van der Waals surface area (Å²) in [6, 6.07) is 12.9. The Bertz CT molecular complexity index is 1260. The standard InChI is InChI=1S/C28H32N4O4/c1-28(27(34)29-18-21-10-12-22(35-2)13-11-21)19-32-24(17-23(30-32)25-9-6-16-36-25)26(33)31(28)15-14-20-7-4-3-5-8-20/h6-7,9-13,16-17H,3-5,8,14-15,18-19H2,1-2H3,(H,29,34)/t28-/m1/s1. The molecule has 0 radical (unpaired) electrons. The second kappa shape index (κ2) is 10.0. The number of furan rings is 1. The molecule has 0 fully saturated rings. The fraction of sp³-hybridized carbons (Fsp3) is 0.393. The van der Waals surface area contributed by atoms with Crippen LogP contribution in [0.1, 0.15) is 55.1 Å². The van der Waals surface area contributed by atoms with Crippen LogP contribution >= 0.6 is 0 Å². The van der Waals surface area contributed by atoms with Gasteiger partial charge in [-0.2, -0.15) is 5.10 Å². The number of hydrogen-bond acceptors (Lipinski definition) is 5. The maximum atomic E-state index is 13.8. The monoisotopic (exact) mass is 488 g/mol. The van der Waals surface area contributed by atoms with Gasteiger partial charge in [0, 0.05) is 19.2 Å². The van der Waals surface area contributed by atoms with Crippen molar-refractivity contribution in [1.29, 1.82) is 0 Å². The van der Waals surface area contributed by atoms with Gasteiger partial charge in [-0.25, -0.2) is 0 Å². The summed E-state index contributed by atoms with van der Waals surface area (Å²) in [4.78, 5) is 29.2. The molecule has 1 aliphatic heterocycles. The maximum absolute atomic E-state index is 13.8. The third-order valence-corrected chi connectivity index (χ3v) is 7.21. The fourth-order valence-corrected chi connectivity index (χ4v) is 5.04. The van der Waals surface area contributed by atoms with E-state index in [1.54, 1.807) is 35.1 Å². The summed E-state index contributed by atoms with van der Waals surface area (Å²) in [7, 11) is 1.62. The molecule has 0 saturated carbocycles. The van der Waals surface area contributed by atoms with Crippen molar-refractivity contribution in [3.8, 4) is 17.2 Å². The molecule has 3 heterocycles. The van der Waals surface area contributed by atoms with E-state index in [0.717, 1.165) is 30.6 Å². The van der Waals surface area contributed by atoms with Gasteiger partial charge in [0.1, 0.15) is 22.7 Å². The predicted octanol–water partition coefficient (Wildman–Crippen LogP) is 4.57. The minimum atomic E-state index is -1.09. The van der Waals surface area contributed by atoms with Crippen molar-refractivity contribution >= 4 is 11.8 Å². The average Bonchev–Trinajstić information content (AvgIpc) is 3.58. The Hall–Kier alpha value is -3.81. The van der Waals surface area contributed by atoms with Gasteiger partial charge >= 0.3 is 0 Å². The second-order valence-corrected chi connectivity index (χ2v) is 9.67. The third kappa shape index (κ3) is 4.67. The van der Waals surface area contributed by atoms with Crippen molar-refractivity contribution in [3.63, 3.8) is 0 Å². The van der Waals surface area contributed by atoms with Crippen LogP contribution in [0.5, 0.6) is 5.75 Å². The van der Waals surface area contributed by atoms with Crippen LogP contribution < -0.4 is 10.1 Å². The maximum Gasteiger partial charge on any atom is 0.273 e. The summed E-state index contributed by atoms with van der Waals surface area (Å²) < 4.78 is 12.4. The first-order chi connectivity index (χ1) is 17.5. The third-order valence-electron chi connectivity index (χ3n) is 7.21. The largest absolute Gasteiger partial charge is 0.497 e. The van der Waals surface area contributed by atoms with Crippen molar-refractivity contribution in [2.75, 3.05) is 13.7 Å². The molecule has 188 valence electrons. The van der Waals surface area contributed by atoms with Crippen LogP contribution in [-0.4, -0.2) is 45.7 Å². The summed E-state index contributed by atoms with van der Waals surface area (Å²) in [5, 5.41) is 7.67. The number of carbonyl (C=O) groups excluding carboxylic acids is 2. The van der Waals surface area contributed by atoms with E-state index in [-0.39, 0.29) is 18.4 Å². The molecule has 8 heteroatoms. The lowest BCUT2D eigenvalue weighted by atomic mass is 9.92. The Morgan fingerprint density at radius 2 is 2.06 bits per heavy atom. The molecule has 8 nitrogen and oxygen atoms in total. The number of nitrogens with zero attached hydrogens (tertiary/aromatic N) is 3. The van der Waals surface area contributed by atoms with Gasteiger partial charge < -0.3 is 19.4 Å². The van der Waals surface area contributed by atoms with Crippen LogP contribution in [-0.2, 0) is 17.9 Å². The molecule has 1 aliphatic carbocycles. The molecule has 1 N–H and O–H groups in total. The Labute approximate surface area is 210 Å². The van der Waals surface area contributed by atoms with Crippen molar-refractivity contribution in [2.24, 2.45) is 0 Å². The molecule has 1 atom stereocenters. The zero-order chi connectivity index (χ0) is 25.1.